The van der Waals surface area contributed by atoms with Crippen LogP contribution in [0.4, 0.5) is 5.69 Å². The van der Waals surface area contributed by atoms with Gasteiger partial charge in [0.1, 0.15) is 11.2 Å². The summed E-state index contributed by atoms with van der Waals surface area (Å²) in [5.74, 6) is 4.80. The van der Waals surface area contributed by atoms with Crippen LogP contribution in [0, 0.1) is 17.8 Å². The number of carboxylic acid groups (broad SMARTS) is 1. The van der Waals surface area contributed by atoms with E-state index in [1.54, 1.807) is 0 Å². The smallest absolute Gasteiger partial charge is 0.348 e. The summed E-state index contributed by atoms with van der Waals surface area (Å²) in [5, 5.41) is 9.10. The maximum Gasteiger partial charge on any atom is 0.348 e. The maximum atomic E-state index is 11.1. The number of carboxylic acids is 1. The van der Waals surface area contributed by atoms with Gasteiger partial charge in [-0.15, -0.1) is 11.3 Å². The fourth-order valence-corrected chi connectivity index (χ4v) is 2.17. The van der Waals surface area contributed by atoms with Crippen molar-refractivity contribution in [2.24, 2.45) is 5.92 Å². The second kappa shape index (κ2) is 6.71. The Labute approximate surface area is 114 Å². The molecule has 1 amide bonds. The highest BCUT2D eigenvalue weighted by atomic mass is 32.1. The van der Waals surface area contributed by atoms with Gasteiger partial charge in [0, 0.05) is 5.92 Å². The van der Waals surface area contributed by atoms with Gasteiger partial charge < -0.3 is 14.8 Å². The summed E-state index contributed by atoms with van der Waals surface area (Å²) in [7, 11) is 0. The average Bonchev–Trinajstić information content (AvgIpc) is 2.77. The summed E-state index contributed by atoms with van der Waals surface area (Å²) in [6.45, 7) is 3.66. The molecule has 0 spiro atoms. The summed E-state index contributed by atoms with van der Waals surface area (Å²) < 4.78 is 0. The number of carbonyl (C=O) groups is 3. The van der Waals surface area contributed by atoms with E-state index in [0.717, 1.165) is 16.2 Å². The van der Waals surface area contributed by atoms with Crippen molar-refractivity contribution in [2.75, 3.05) is 11.4 Å². The number of anilines is 1. The molecule has 0 aliphatic rings. The lowest BCUT2D eigenvalue weighted by molar-refractivity contribution is -0.111. The highest BCUT2D eigenvalue weighted by molar-refractivity contribution is 7.15. The van der Waals surface area contributed by atoms with Gasteiger partial charge in [0.05, 0.1) is 17.1 Å². The number of rotatable bonds is 5. The van der Waals surface area contributed by atoms with Crippen molar-refractivity contribution in [3.05, 3.63) is 15.8 Å². The van der Waals surface area contributed by atoms with Crippen molar-refractivity contribution in [2.45, 2.75) is 13.8 Å². The third-order valence-corrected chi connectivity index (χ3v) is 3.13. The predicted octanol–water partition coefficient (Wildman–Crippen LogP) is 1.62. The molecule has 0 aromatic carbocycles. The number of hydrogen-bond donors (Lipinski definition) is 1. The number of aromatic carboxylic acids is 1. The normalized spacial score (nSPS) is 9.63. The van der Waals surface area contributed by atoms with E-state index < -0.39 is 5.97 Å². The highest BCUT2D eigenvalue weighted by Crippen LogP contribution is 2.29. The minimum atomic E-state index is -1.14. The molecule has 0 atom stereocenters. The van der Waals surface area contributed by atoms with Crippen LogP contribution in [0.15, 0.2) is 6.07 Å². The van der Waals surface area contributed by atoms with Crippen molar-refractivity contribution in [3.8, 4) is 11.8 Å². The lowest BCUT2D eigenvalue weighted by Gasteiger charge is -2.12. The first-order chi connectivity index (χ1) is 8.99. The molecule has 19 heavy (non-hydrogen) atoms. The van der Waals surface area contributed by atoms with Crippen LogP contribution in [0.3, 0.4) is 0 Å². The monoisotopic (exact) mass is 279 g/mol. The quantitative estimate of drug-likeness (QED) is 0.656. The second-order valence-corrected chi connectivity index (χ2v) is 5.03. The van der Waals surface area contributed by atoms with E-state index in [2.05, 4.69) is 11.8 Å². The van der Waals surface area contributed by atoms with Crippen LogP contribution >= 0.6 is 11.3 Å². The van der Waals surface area contributed by atoms with Crippen molar-refractivity contribution in [1.29, 1.82) is 0 Å². The molecular formula is C13H13NO4S. The summed E-state index contributed by atoms with van der Waals surface area (Å²) in [4.78, 5) is 34.1. The van der Waals surface area contributed by atoms with Crippen LogP contribution in [-0.4, -0.2) is 30.3 Å². The average molecular weight is 279 g/mol. The first-order valence-corrected chi connectivity index (χ1v) is 6.35. The van der Waals surface area contributed by atoms with E-state index in [-0.39, 0.29) is 23.0 Å². The predicted molar refractivity (Wildman–Crippen MR) is 72.5 cm³/mol. The minimum absolute atomic E-state index is 0.00186. The van der Waals surface area contributed by atoms with Crippen LogP contribution in [0.1, 0.15) is 28.4 Å². The Hall–Kier alpha value is -2.13. The molecule has 1 aromatic rings. The fraction of sp³-hybridized carbons (Fsp3) is 0.308. The van der Waals surface area contributed by atoms with Gasteiger partial charge >= 0.3 is 5.97 Å². The molecule has 0 saturated heterocycles. The van der Waals surface area contributed by atoms with Crippen LogP contribution < -0.4 is 4.90 Å². The molecule has 1 N–H and O–H groups in total. The van der Waals surface area contributed by atoms with E-state index in [0.29, 0.717) is 17.6 Å². The number of amides is 1. The van der Waals surface area contributed by atoms with E-state index >= 15 is 0 Å². The zero-order valence-electron chi connectivity index (χ0n) is 10.5. The summed E-state index contributed by atoms with van der Waals surface area (Å²) in [6.07, 6.45) is 0.972. The molecular weight excluding hydrogens is 266 g/mol. The number of hydrogen-bond acceptors (Lipinski definition) is 4. The largest absolute Gasteiger partial charge is 0.477 e. The molecule has 0 radical (unpaired) electrons. The Morgan fingerprint density at radius 3 is 2.68 bits per heavy atom. The third-order valence-electron chi connectivity index (χ3n) is 2.10. The molecule has 0 fully saturated rings. The van der Waals surface area contributed by atoms with Gasteiger partial charge in [-0.3, -0.25) is 4.79 Å². The van der Waals surface area contributed by atoms with Crippen LogP contribution in [-0.2, 0) is 9.59 Å². The molecule has 6 heteroatoms. The topological polar surface area (TPSA) is 74.7 Å². The third kappa shape index (κ3) is 3.93. The Balaban J connectivity index is 3.22. The fourth-order valence-electron chi connectivity index (χ4n) is 1.30. The zero-order valence-corrected chi connectivity index (χ0v) is 11.4. The van der Waals surface area contributed by atoms with E-state index in [1.807, 2.05) is 13.8 Å². The number of nitrogens with zero attached hydrogens (tertiary/aromatic N) is 1. The first kappa shape index (κ1) is 14.9. The van der Waals surface area contributed by atoms with Gasteiger partial charge in [-0.2, -0.15) is 0 Å². The van der Waals surface area contributed by atoms with Gasteiger partial charge in [-0.25, -0.2) is 4.79 Å². The molecule has 5 nitrogen and oxygen atoms in total. The van der Waals surface area contributed by atoms with Gasteiger partial charge in [0.2, 0.25) is 6.41 Å². The second-order valence-electron chi connectivity index (χ2n) is 3.98. The summed E-state index contributed by atoms with van der Waals surface area (Å²) in [6, 6.07) is 1.52. The molecule has 0 aliphatic heterocycles. The van der Waals surface area contributed by atoms with E-state index in [1.165, 1.54) is 6.07 Å². The minimum Gasteiger partial charge on any atom is -0.477 e. The van der Waals surface area contributed by atoms with Crippen LogP contribution in [0.5, 0.6) is 0 Å². The molecule has 1 aromatic heterocycles. The van der Waals surface area contributed by atoms with Crippen molar-refractivity contribution >= 4 is 35.7 Å². The standard InChI is InChI=1S/C13H13NO4S/c1-9(2)3-4-10-7-11(12(19-10)13(17)18)14(8-16)5-6-15/h6-9H,5H2,1-2H3,(H,17,18). The van der Waals surface area contributed by atoms with Crippen molar-refractivity contribution in [1.82, 2.24) is 0 Å². The van der Waals surface area contributed by atoms with Crippen LogP contribution in [0.2, 0.25) is 0 Å². The van der Waals surface area contributed by atoms with Gasteiger partial charge in [0.15, 0.2) is 0 Å². The summed E-state index contributed by atoms with van der Waals surface area (Å²) >= 11 is 0.990. The molecule has 1 rings (SSSR count). The molecule has 0 aliphatic carbocycles. The number of thiophene rings is 1. The van der Waals surface area contributed by atoms with Crippen LogP contribution in [0.25, 0.3) is 0 Å². The zero-order chi connectivity index (χ0) is 14.4. The Morgan fingerprint density at radius 2 is 2.21 bits per heavy atom. The molecule has 0 bridgehead atoms. The highest BCUT2D eigenvalue weighted by Gasteiger charge is 2.19. The number of carbonyl (C=O) groups excluding carboxylic acids is 2. The molecule has 0 unspecified atom stereocenters. The van der Waals surface area contributed by atoms with Gasteiger partial charge in [-0.05, 0) is 6.07 Å². The van der Waals surface area contributed by atoms with E-state index in [9.17, 15) is 14.4 Å². The van der Waals surface area contributed by atoms with E-state index in [4.69, 9.17) is 5.11 Å². The molecule has 100 valence electrons. The number of aldehydes is 1. The van der Waals surface area contributed by atoms with Gasteiger partial charge in [0.25, 0.3) is 0 Å². The summed E-state index contributed by atoms with van der Waals surface area (Å²) in [5.41, 5.74) is 0.202. The first-order valence-electron chi connectivity index (χ1n) is 5.53. The van der Waals surface area contributed by atoms with Crippen molar-refractivity contribution < 1.29 is 19.5 Å². The lowest BCUT2D eigenvalue weighted by Crippen LogP contribution is -2.24. The Bertz CT molecular complexity index is 551. The molecule has 0 saturated carbocycles. The van der Waals surface area contributed by atoms with Gasteiger partial charge in [-0.1, -0.05) is 25.7 Å². The maximum absolute atomic E-state index is 11.1. The lowest BCUT2D eigenvalue weighted by atomic mass is 10.2. The Morgan fingerprint density at radius 1 is 1.53 bits per heavy atom. The molecule has 1 heterocycles. The Kier molecular flexibility index (Phi) is 5.27. The van der Waals surface area contributed by atoms with Crippen molar-refractivity contribution in [3.63, 3.8) is 0 Å². The SMILES string of the molecule is CC(C)C#Cc1cc(N(C=O)CC=O)c(C(=O)O)s1.